The molecule has 28 heavy (non-hydrogen) atoms. The highest BCUT2D eigenvalue weighted by Crippen LogP contribution is 2.26. The van der Waals surface area contributed by atoms with Crippen LogP contribution in [0.1, 0.15) is 46.0 Å². The monoisotopic (exact) mass is 393 g/mol. The number of nitrogens with zero attached hydrogens (tertiary/aromatic N) is 2. The van der Waals surface area contributed by atoms with Gasteiger partial charge in [0.2, 0.25) is 10.9 Å². The fourth-order valence-electron chi connectivity index (χ4n) is 3.00. The van der Waals surface area contributed by atoms with E-state index in [1.54, 1.807) is 18.2 Å². The maximum Gasteiger partial charge on any atom is 0.338 e. The van der Waals surface area contributed by atoms with Crippen molar-refractivity contribution in [3.05, 3.63) is 59.2 Å². The van der Waals surface area contributed by atoms with Crippen molar-refractivity contribution >= 4 is 44.1 Å². The van der Waals surface area contributed by atoms with E-state index in [1.165, 1.54) is 11.3 Å². The third-order valence-corrected chi connectivity index (χ3v) is 5.46. The zero-order chi connectivity index (χ0) is 19.5. The maximum absolute atomic E-state index is 12.7. The second-order valence-electron chi connectivity index (χ2n) is 6.52. The molecule has 6 nitrogen and oxygen atoms in total. The van der Waals surface area contributed by atoms with Crippen molar-refractivity contribution in [1.82, 2.24) is 4.98 Å². The summed E-state index contributed by atoms with van der Waals surface area (Å²) in [6.45, 7) is 2.42. The minimum Gasteiger partial charge on any atom is -0.462 e. The minimum atomic E-state index is -0.401. The van der Waals surface area contributed by atoms with Crippen LogP contribution in [-0.4, -0.2) is 29.1 Å². The number of carbonyl (C=O) groups excluding carboxylic acids is 2. The van der Waals surface area contributed by atoms with E-state index in [0.717, 1.165) is 28.6 Å². The lowest BCUT2D eigenvalue weighted by atomic mass is 10.1. The Morgan fingerprint density at radius 2 is 2.14 bits per heavy atom. The van der Waals surface area contributed by atoms with Crippen LogP contribution in [0.2, 0.25) is 0 Å². The largest absolute Gasteiger partial charge is 0.462 e. The van der Waals surface area contributed by atoms with E-state index in [4.69, 9.17) is 4.74 Å². The van der Waals surface area contributed by atoms with Crippen LogP contribution in [0, 0.1) is 0 Å². The van der Waals surface area contributed by atoms with Gasteiger partial charge in [0, 0.05) is 12.0 Å². The molecule has 142 valence electrons. The molecule has 0 bridgehead atoms. The van der Waals surface area contributed by atoms with Gasteiger partial charge in [-0.3, -0.25) is 10.2 Å². The Morgan fingerprint density at radius 3 is 2.96 bits per heavy atom. The van der Waals surface area contributed by atoms with E-state index >= 15 is 0 Å². The fraction of sp³-hybridized carbons (Fsp3) is 0.238. The molecule has 1 aliphatic carbocycles. The number of anilines is 1. The van der Waals surface area contributed by atoms with Crippen molar-refractivity contribution in [2.45, 2.75) is 26.2 Å². The molecule has 0 amide bonds. The van der Waals surface area contributed by atoms with Gasteiger partial charge in [-0.25, -0.2) is 9.78 Å². The first-order chi connectivity index (χ1) is 13.7. The highest BCUT2D eigenvalue weighted by atomic mass is 32.1. The molecule has 0 atom stereocenters. The summed E-state index contributed by atoms with van der Waals surface area (Å²) in [6.07, 6.45) is 2.21. The number of hydrazone groups is 1. The number of unbranched alkanes of at least 4 members (excludes halogenated alkanes) is 1. The van der Waals surface area contributed by atoms with Gasteiger partial charge in [-0.05, 0) is 36.2 Å². The molecule has 0 fully saturated rings. The number of carbonyl (C=O) groups is 2. The molecule has 0 spiro atoms. The highest BCUT2D eigenvalue weighted by molar-refractivity contribution is 7.22. The lowest BCUT2D eigenvalue weighted by Gasteiger charge is -2.05. The number of ketones is 1. The molecule has 3 aromatic rings. The van der Waals surface area contributed by atoms with Crippen molar-refractivity contribution in [3.8, 4) is 0 Å². The molecule has 0 aliphatic heterocycles. The fourth-order valence-corrected chi connectivity index (χ4v) is 3.81. The quantitative estimate of drug-likeness (QED) is 0.380. The molecule has 1 aromatic heterocycles. The second-order valence-corrected chi connectivity index (χ2v) is 7.55. The Labute approximate surface area is 166 Å². The Bertz CT molecular complexity index is 1050. The summed E-state index contributed by atoms with van der Waals surface area (Å²) < 4.78 is 6.28. The number of nitrogens with one attached hydrogen (secondary N) is 1. The first-order valence-electron chi connectivity index (χ1n) is 9.18. The lowest BCUT2D eigenvalue weighted by Crippen LogP contribution is -2.11. The number of hydrogen-bond acceptors (Lipinski definition) is 7. The predicted molar refractivity (Wildman–Crippen MR) is 110 cm³/mol. The molecule has 1 heterocycles. The molecule has 0 radical (unpaired) electrons. The average Bonchev–Trinajstić information content (AvgIpc) is 3.27. The lowest BCUT2D eigenvalue weighted by molar-refractivity contribution is 0.0499. The van der Waals surface area contributed by atoms with Crippen LogP contribution in [0.15, 0.2) is 47.6 Å². The van der Waals surface area contributed by atoms with Crippen LogP contribution in [-0.2, 0) is 11.2 Å². The molecule has 1 aliphatic rings. The standard InChI is InChI=1S/C21H19N3O3S/c1-2-3-10-27-20(26)14-9-8-13-12-17(19(25)15(13)11-14)23-24-21-22-16-6-4-5-7-18(16)28-21/h4-9,11H,2-3,10,12H2,1H3,(H,22,24)/b23-17-. The molecule has 7 heteroatoms. The van der Waals surface area contributed by atoms with Gasteiger partial charge in [0.15, 0.2) is 0 Å². The number of hydrogen-bond donors (Lipinski definition) is 1. The van der Waals surface area contributed by atoms with Gasteiger partial charge >= 0.3 is 5.97 Å². The summed E-state index contributed by atoms with van der Waals surface area (Å²) in [7, 11) is 0. The van der Waals surface area contributed by atoms with Gasteiger partial charge < -0.3 is 4.74 Å². The summed E-state index contributed by atoms with van der Waals surface area (Å²) in [5, 5.41) is 4.91. The van der Waals surface area contributed by atoms with Gasteiger partial charge in [0.25, 0.3) is 0 Å². The van der Waals surface area contributed by atoms with Gasteiger partial charge in [0.1, 0.15) is 5.71 Å². The van der Waals surface area contributed by atoms with Crippen LogP contribution >= 0.6 is 11.3 Å². The van der Waals surface area contributed by atoms with Crippen molar-refractivity contribution in [1.29, 1.82) is 0 Å². The number of Topliss-reactive ketones (excluding diaryl/α,β-unsaturated/α-hetero) is 1. The predicted octanol–water partition coefficient (Wildman–Crippen LogP) is 4.46. The molecule has 4 rings (SSSR count). The topological polar surface area (TPSA) is 80.7 Å². The van der Waals surface area contributed by atoms with Crippen LogP contribution in [0.5, 0.6) is 0 Å². The Balaban J connectivity index is 1.49. The van der Waals surface area contributed by atoms with E-state index in [1.807, 2.05) is 31.2 Å². The van der Waals surface area contributed by atoms with Crippen molar-refractivity contribution in [2.75, 3.05) is 12.0 Å². The van der Waals surface area contributed by atoms with E-state index < -0.39 is 5.97 Å². The number of benzene rings is 2. The number of thiazole rings is 1. The molecular weight excluding hydrogens is 374 g/mol. The average molecular weight is 393 g/mol. The van der Waals surface area contributed by atoms with Crippen molar-refractivity contribution in [2.24, 2.45) is 5.10 Å². The number of para-hydroxylation sites is 1. The Kier molecular flexibility index (Phi) is 5.16. The normalized spacial score (nSPS) is 14.5. The van der Waals surface area contributed by atoms with Crippen molar-refractivity contribution in [3.63, 3.8) is 0 Å². The summed E-state index contributed by atoms with van der Waals surface area (Å²) >= 11 is 1.48. The van der Waals surface area contributed by atoms with Gasteiger partial charge in [-0.15, -0.1) is 0 Å². The number of esters is 1. The zero-order valence-corrected chi connectivity index (χ0v) is 16.2. The van der Waals surface area contributed by atoms with E-state index in [-0.39, 0.29) is 5.78 Å². The van der Waals surface area contributed by atoms with E-state index in [0.29, 0.717) is 35.0 Å². The van der Waals surface area contributed by atoms with Crippen molar-refractivity contribution < 1.29 is 14.3 Å². The molecule has 0 unspecified atom stereocenters. The Morgan fingerprint density at radius 1 is 1.29 bits per heavy atom. The third kappa shape index (κ3) is 3.66. The SMILES string of the molecule is CCCCOC(=O)c1ccc2c(c1)C(=O)/C(=N\Nc1nc3ccccc3s1)C2. The van der Waals surface area contributed by atoms with Gasteiger partial charge in [0.05, 0.1) is 22.4 Å². The van der Waals surface area contributed by atoms with E-state index in [2.05, 4.69) is 15.5 Å². The summed E-state index contributed by atoms with van der Waals surface area (Å²) in [6, 6.07) is 12.9. The second kappa shape index (κ2) is 7.90. The van der Waals surface area contributed by atoms with E-state index in [9.17, 15) is 9.59 Å². The number of aromatic nitrogens is 1. The first-order valence-corrected chi connectivity index (χ1v) is 10.00. The summed E-state index contributed by atoms with van der Waals surface area (Å²) in [5.41, 5.74) is 5.96. The van der Waals surface area contributed by atoms with Gasteiger partial charge in [-0.1, -0.05) is 42.9 Å². The number of ether oxygens (including phenoxy) is 1. The zero-order valence-electron chi connectivity index (χ0n) is 15.4. The maximum atomic E-state index is 12.7. The smallest absolute Gasteiger partial charge is 0.338 e. The first kappa shape index (κ1) is 18.3. The third-order valence-electron chi connectivity index (χ3n) is 4.52. The summed E-state index contributed by atoms with van der Waals surface area (Å²) in [4.78, 5) is 29.3. The molecular formula is C21H19N3O3S. The van der Waals surface area contributed by atoms with Gasteiger partial charge in [-0.2, -0.15) is 5.10 Å². The number of fused-ring (bicyclic) bond motifs is 2. The van der Waals surface area contributed by atoms with Crippen LogP contribution in [0.25, 0.3) is 10.2 Å². The highest BCUT2D eigenvalue weighted by Gasteiger charge is 2.28. The molecule has 0 saturated carbocycles. The Hall–Kier alpha value is -3.06. The van der Waals surface area contributed by atoms with Crippen LogP contribution in [0.3, 0.4) is 0 Å². The molecule has 2 aromatic carbocycles. The molecule has 0 saturated heterocycles. The minimum absolute atomic E-state index is 0.174. The van der Waals surface area contributed by atoms with Crippen LogP contribution < -0.4 is 5.43 Å². The molecule has 1 N–H and O–H groups in total. The number of rotatable bonds is 6. The van der Waals surface area contributed by atoms with Crippen LogP contribution in [0.4, 0.5) is 5.13 Å². The summed E-state index contributed by atoms with van der Waals surface area (Å²) in [5.74, 6) is -0.575.